The van der Waals surface area contributed by atoms with Gasteiger partial charge in [0.1, 0.15) is 17.4 Å². The SMILES string of the molecule is COC(=O)C(C)n1c(C(C)Cl)nc2cc(Cl)cnc21. The van der Waals surface area contributed by atoms with Crippen molar-refractivity contribution in [1.29, 1.82) is 0 Å². The van der Waals surface area contributed by atoms with Crippen LogP contribution < -0.4 is 0 Å². The number of fused-ring (bicyclic) bond motifs is 1. The molecule has 0 bridgehead atoms. The number of halogens is 2. The van der Waals surface area contributed by atoms with Crippen LogP contribution in [0.4, 0.5) is 0 Å². The first-order valence-electron chi connectivity index (χ1n) is 5.71. The van der Waals surface area contributed by atoms with Gasteiger partial charge in [0.05, 0.1) is 17.5 Å². The molecule has 2 heterocycles. The van der Waals surface area contributed by atoms with E-state index in [1.807, 2.05) is 0 Å². The molecule has 19 heavy (non-hydrogen) atoms. The van der Waals surface area contributed by atoms with Gasteiger partial charge < -0.3 is 4.74 Å². The number of hydrogen-bond donors (Lipinski definition) is 0. The Bertz CT molecular complexity index is 625. The molecule has 0 radical (unpaired) electrons. The van der Waals surface area contributed by atoms with Crippen LogP contribution in [0.5, 0.6) is 0 Å². The molecule has 0 aliphatic heterocycles. The van der Waals surface area contributed by atoms with Crippen molar-refractivity contribution in [3.05, 3.63) is 23.1 Å². The first kappa shape index (κ1) is 14.1. The van der Waals surface area contributed by atoms with Gasteiger partial charge in [-0.05, 0) is 19.9 Å². The van der Waals surface area contributed by atoms with Crippen molar-refractivity contribution in [3.8, 4) is 0 Å². The Hall–Kier alpha value is -1.33. The van der Waals surface area contributed by atoms with Crippen LogP contribution in [0.1, 0.15) is 31.1 Å². The number of hydrogen-bond acceptors (Lipinski definition) is 4. The molecule has 0 aromatic carbocycles. The number of pyridine rings is 1. The second-order valence-electron chi connectivity index (χ2n) is 4.15. The molecule has 0 N–H and O–H groups in total. The van der Waals surface area contributed by atoms with Crippen molar-refractivity contribution < 1.29 is 9.53 Å². The topological polar surface area (TPSA) is 57.0 Å². The lowest BCUT2D eigenvalue weighted by molar-refractivity contribution is -0.144. The van der Waals surface area contributed by atoms with Crippen molar-refractivity contribution in [2.75, 3.05) is 7.11 Å². The fourth-order valence-corrected chi connectivity index (χ4v) is 2.22. The predicted octanol–water partition coefficient (Wildman–Crippen LogP) is 3.12. The van der Waals surface area contributed by atoms with E-state index in [-0.39, 0.29) is 11.3 Å². The van der Waals surface area contributed by atoms with Gasteiger partial charge in [-0.3, -0.25) is 4.57 Å². The molecule has 0 saturated carbocycles. The molecule has 2 aromatic rings. The van der Waals surface area contributed by atoms with Gasteiger partial charge in [0.2, 0.25) is 0 Å². The van der Waals surface area contributed by atoms with Gasteiger partial charge in [-0.1, -0.05) is 11.6 Å². The molecule has 0 aliphatic carbocycles. The third-order valence-corrected chi connectivity index (χ3v) is 3.21. The van der Waals surface area contributed by atoms with Gasteiger partial charge in [0, 0.05) is 6.20 Å². The zero-order valence-electron chi connectivity index (χ0n) is 10.7. The summed E-state index contributed by atoms with van der Waals surface area (Å²) in [5, 5.41) is 0.122. The molecule has 102 valence electrons. The average molecular weight is 302 g/mol. The second-order valence-corrected chi connectivity index (χ2v) is 5.24. The van der Waals surface area contributed by atoms with E-state index in [1.165, 1.54) is 13.3 Å². The third kappa shape index (κ3) is 2.53. The second kappa shape index (κ2) is 5.35. The number of aromatic nitrogens is 3. The maximum Gasteiger partial charge on any atom is 0.328 e. The number of carbonyl (C=O) groups excluding carboxylic acids is 1. The van der Waals surface area contributed by atoms with Crippen LogP contribution in [0.3, 0.4) is 0 Å². The van der Waals surface area contributed by atoms with Crippen molar-refractivity contribution in [2.24, 2.45) is 0 Å². The lowest BCUT2D eigenvalue weighted by Crippen LogP contribution is -2.20. The van der Waals surface area contributed by atoms with Gasteiger partial charge in [-0.25, -0.2) is 14.8 Å². The van der Waals surface area contributed by atoms with Crippen LogP contribution in [-0.4, -0.2) is 27.6 Å². The summed E-state index contributed by atoms with van der Waals surface area (Å²) in [6.07, 6.45) is 1.51. The highest BCUT2D eigenvalue weighted by Crippen LogP contribution is 2.28. The average Bonchev–Trinajstić information content (AvgIpc) is 2.75. The minimum Gasteiger partial charge on any atom is -0.467 e. The van der Waals surface area contributed by atoms with Gasteiger partial charge >= 0.3 is 5.97 Å². The van der Waals surface area contributed by atoms with E-state index >= 15 is 0 Å². The number of rotatable bonds is 3. The number of esters is 1. The van der Waals surface area contributed by atoms with Crippen molar-refractivity contribution in [2.45, 2.75) is 25.3 Å². The number of imidazole rings is 1. The monoisotopic (exact) mass is 301 g/mol. The Morgan fingerprint density at radius 2 is 2.16 bits per heavy atom. The Labute approximate surface area is 120 Å². The number of alkyl halides is 1. The highest BCUT2D eigenvalue weighted by atomic mass is 35.5. The minimum atomic E-state index is -0.556. The normalized spacial score (nSPS) is 14.4. The van der Waals surface area contributed by atoms with Crippen LogP contribution >= 0.6 is 23.2 Å². The van der Waals surface area contributed by atoms with Crippen LogP contribution in [0.2, 0.25) is 5.02 Å². The summed E-state index contributed by atoms with van der Waals surface area (Å²) < 4.78 is 6.43. The zero-order valence-corrected chi connectivity index (χ0v) is 12.2. The molecule has 2 rings (SSSR count). The Morgan fingerprint density at radius 1 is 1.47 bits per heavy atom. The molecule has 0 spiro atoms. The molecule has 2 unspecified atom stereocenters. The Kier molecular flexibility index (Phi) is 3.96. The molecular weight excluding hydrogens is 289 g/mol. The lowest BCUT2D eigenvalue weighted by atomic mass is 10.3. The van der Waals surface area contributed by atoms with Crippen LogP contribution in [0.25, 0.3) is 11.2 Å². The van der Waals surface area contributed by atoms with Crippen LogP contribution in [0.15, 0.2) is 12.3 Å². The summed E-state index contributed by atoms with van der Waals surface area (Å²) in [7, 11) is 1.34. The quantitative estimate of drug-likeness (QED) is 0.645. The fraction of sp³-hybridized carbons (Fsp3) is 0.417. The zero-order chi connectivity index (χ0) is 14.2. The summed E-state index contributed by atoms with van der Waals surface area (Å²) in [4.78, 5) is 20.3. The highest BCUT2D eigenvalue weighted by molar-refractivity contribution is 6.31. The molecule has 5 nitrogen and oxygen atoms in total. The molecule has 2 aromatic heterocycles. The molecule has 0 amide bonds. The summed E-state index contributed by atoms with van der Waals surface area (Å²) >= 11 is 12.0. The summed E-state index contributed by atoms with van der Waals surface area (Å²) in [5.74, 6) is 0.180. The van der Waals surface area contributed by atoms with Crippen molar-refractivity contribution in [1.82, 2.24) is 14.5 Å². The van der Waals surface area contributed by atoms with Gasteiger partial charge in [-0.2, -0.15) is 0 Å². The van der Waals surface area contributed by atoms with Gasteiger partial charge in [0.25, 0.3) is 0 Å². The molecule has 2 atom stereocenters. The van der Waals surface area contributed by atoms with Crippen molar-refractivity contribution in [3.63, 3.8) is 0 Å². The molecule has 0 aliphatic rings. The molecule has 0 saturated heterocycles. The summed E-state index contributed by atoms with van der Waals surface area (Å²) in [5.41, 5.74) is 1.16. The Balaban J connectivity index is 2.68. The number of ether oxygens (including phenoxy) is 1. The van der Waals surface area contributed by atoms with Gasteiger partial charge in [-0.15, -0.1) is 11.6 Å². The number of carbonyl (C=O) groups is 1. The van der Waals surface area contributed by atoms with E-state index in [0.717, 1.165) is 0 Å². The van der Waals surface area contributed by atoms with E-state index in [2.05, 4.69) is 9.97 Å². The van der Waals surface area contributed by atoms with Crippen LogP contribution in [0, 0.1) is 0 Å². The maximum atomic E-state index is 11.7. The highest BCUT2D eigenvalue weighted by Gasteiger charge is 2.25. The molecular formula is C12H13Cl2N3O2. The lowest BCUT2D eigenvalue weighted by Gasteiger charge is -2.15. The first-order valence-corrected chi connectivity index (χ1v) is 6.52. The van der Waals surface area contributed by atoms with Gasteiger partial charge in [0.15, 0.2) is 5.65 Å². The summed E-state index contributed by atoms with van der Waals surface area (Å²) in [6.45, 7) is 3.50. The first-order chi connectivity index (χ1) is 8.95. The van der Waals surface area contributed by atoms with E-state index in [4.69, 9.17) is 27.9 Å². The molecule has 0 fully saturated rings. The van der Waals surface area contributed by atoms with Crippen LogP contribution in [-0.2, 0) is 9.53 Å². The van der Waals surface area contributed by atoms with E-state index in [9.17, 15) is 4.79 Å². The maximum absolute atomic E-state index is 11.7. The predicted molar refractivity (Wildman–Crippen MR) is 73.5 cm³/mol. The van der Waals surface area contributed by atoms with E-state index in [0.29, 0.717) is 22.0 Å². The van der Waals surface area contributed by atoms with E-state index < -0.39 is 6.04 Å². The third-order valence-electron chi connectivity index (χ3n) is 2.81. The fourth-order valence-electron chi connectivity index (χ4n) is 1.91. The largest absolute Gasteiger partial charge is 0.467 e. The minimum absolute atomic E-state index is 0.361. The summed E-state index contributed by atoms with van der Waals surface area (Å²) in [6, 6.07) is 1.13. The molecule has 7 heteroatoms. The number of nitrogens with zero attached hydrogens (tertiary/aromatic N) is 3. The Morgan fingerprint density at radius 3 is 2.74 bits per heavy atom. The smallest absolute Gasteiger partial charge is 0.328 e. The van der Waals surface area contributed by atoms with Crippen molar-refractivity contribution >= 4 is 40.3 Å². The number of methoxy groups -OCH3 is 1. The standard InChI is InChI=1S/C12H13Cl2N3O2/c1-6(13)10-16-9-4-8(14)5-15-11(9)17(10)7(2)12(18)19-3/h4-7H,1-3H3. The van der Waals surface area contributed by atoms with E-state index in [1.54, 1.807) is 24.5 Å².